The molecule has 0 aliphatic heterocycles. The third kappa shape index (κ3) is 2.11. The van der Waals surface area contributed by atoms with Gasteiger partial charge >= 0.3 is 0 Å². The number of hydrogen-bond donors (Lipinski definition) is 2. The lowest BCUT2D eigenvalue weighted by molar-refractivity contribution is 0.284. The van der Waals surface area contributed by atoms with Gasteiger partial charge in [0.1, 0.15) is 0 Å². The van der Waals surface area contributed by atoms with Gasteiger partial charge < -0.3 is 15.7 Å². The molecule has 0 amide bonds. The molecule has 0 radical (unpaired) electrons. The standard InChI is InChI=1S/C12H17ClN2O/c13-10-5-2-6-11(12(10)14)15(7-8-16)9-3-1-4-9/h2,5-6,9,16H,1,3-4,7-8,14H2. The molecule has 0 unspecified atom stereocenters. The molecule has 1 aliphatic rings. The van der Waals surface area contributed by atoms with E-state index in [2.05, 4.69) is 4.90 Å². The third-order valence-electron chi connectivity index (χ3n) is 3.20. The Morgan fingerprint density at radius 2 is 2.19 bits per heavy atom. The average molecular weight is 241 g/mol. The Morgan fingerprint density at radius 3 is 2.75 bits per heavy atom. The summed E-state index contributed by atoms with van der Waals surface area (Å²) in [6.45, 7) is 0.762. The van der Waals surface area contributed by atoms with Crippen molar-refractivity contribution in [1.82, 2.24) is 0 Å². The number of para-hydroxylation sites is 1. The Kier molecular flexibility index (Phi) is 3.56. The van der Waals surface area contributed by atoms with Crippen molar-refractivity contribution in [2.75, 3.05) is 23.8 Å². The van der Waals surface area contributed by atoms with Crippen LogP contribution in [0.3, 0.4) is 0 Å². The minimum Gasteiger partial charge on any atom is -0.396 e. The zero-order valence-electron chi connectivity index (χ0n) is 9.19. The van der Waals surface area contributed by atoms with Crippen molar-refractivity contribution >= 4 is 23.0 Å². The number of aliphatic hydroxyl groups is 1. The van der Waals surface area contributed by atoms with Gasteiger partial charge in [-0.3, -0.25) is 0 Å². The van der Waals surface area contributed by atoms with E-state index < -0.39 is 0 Å². The highest BCUT2D eigenvalue weighted by molar-refractivity contribution is 6.33. The first-order chi connectivity index (χ1) is 7.74. The summed E-state index contributed by atoms with van der Waals surface area (Å²) >= 11 is 6.01. The number of halogens is 1. The molecule has 1 aromatic carbocycles. The summed E-state index contributed by atoms with van der Waals surface area (Å²) in [5, 5.41) is 9.69. The van der Waals surface area contributed by atoms with Crippen LogP contribution in [0.2, 0.25) is 5.02 Å². The Bertz CT molecular complexity index is 366. The number of aliphatic hydroxyl groups excluding tert-OH is 1. The zero-order chi connectivity index (χ0) is 11.5. The van der Waals surface area contributed by atoms with Crippen LogP contribution >= 0.6 is 11.6 Å². The largest absolute Gasteiger partial charge is 0.396 e. The smallest absolute Gasteiger partial charge is 0.0741 e. The van der Waals surface area contributed by atoms with Crippen LogP contribution in [0.15, 0.2) is 18.2 Å². The van der Waals surface area contributed by atoms with Crippen molar-refractivity contribution in [1.29, 1.82) is 0 Å². The minimum absolute atomic E-state index is 0.141. The van der Waals surface area contributed by atoms with Crippen LogP contribution in [0.4, 0.5) is 11.4 Å². The number of nitrogens with two attached hydrogens (primary N) is 1. The maximum absolute atomic E-state index is 9.11. The molecule has 0 heterocycles. The van der Waals surface area contributed by atoms with Crippen LogP contribution in [-0.2, 0) is 0 Å². The van der Waals surface area contributed by atoms with Crippen LogP contribution in [-0.4, -0.2) is 24.3 Å². The van der Waals surface area contributed by atoms with E-state index in [0.717, 1.165) is 5.69 Å². The summed E-state index contributed by atoms with van der Waals surface area (Å²) in [5.74, 6) is 0. The summed E-state index contributed by atoms with van der Waals surface area (Å²) in [4.78, 5) is 2.17. The molecule has 16 heavy (non-hydrogen) atoms. The van der Waals surface area contributed by atoms with Crippen LogP contribution in [0, 0.1) is 0 Å². The van der Waals surface area contributed by atoms with Gasteiger partial charge in [0.15, 0.2) is 0 Å². The van der Waals surface area contributed by atoms with E-state index in [1.54, 1.807) is 6.07 Å². The maximum atomic E-state index is 9.11. The Hall–Kier alpha value is -0.930. The van der Waals surface area contributed by atoms with E-state index in [4.69, 9.17) is 22.4 Å². The van der Waals surface area contributed by atoms with E-state index in [1.807, 2.05) is 12.1 Å². The van der Waals surface area contributed by atoms with Crippen molar-refractivity contribution < 1.29 is 5.11 Å². The second-order valence-electron chi connectivity index (χ2n) is 4.17. The number of anilines is 2. The van der Waals surface area contributed by atoms with E-state index in [1.165, 1.54) is 19.3 Å². The topological polar surface area (TPSA) is 49.5 Å². The number of rotatable bonds is 4. The highest BCUT2D eigenvalue weighted by Crippen LogP contribution is 2.35. The van der Waals surface area contributed by atoms with Gasteiger partial charge in [0.25, 0.3) is 0 Å². The number of nitrogen functional groups attached to an aromatic ring is 1. The maximum Gasteiger partial charge on any atom is 0.0741 e. The quantitative estimate of drug-likeness (QED) is 0.794. The molecule has 2 rings (SSSR count). The predicted octanol–water partition coefficient (Wildman–Crippen LogP) is 2.27. The van der Waals surface area contributed by atoms with Gasteiger partial charge in [-0.25, -0.2) is 0 Å². The van der Waals surface area contributed by atoms with Gasteiger partial charge in [0, 0.05) is 12.6 Å². The molecule has 3 nitrogen and oxygen atoms in total. The molecule has 1 saturated carbocycles. The van der Waals surface area contributed by atoms with Gasteiger partial charge in [-0.1, -0.05) is 17.7 Å². The summed E-state index contributed by atoms with van der Waals surface area (Å²) < 4.78 is 0. The molecule has 1 aromatic rings. The Labute approximate surface area is 101 Å². The Morgan fingerprint density at radius 1 is 1.44 bits per heavy atom. The van der Waals surface area contributed by atoms with Gasteiger partial charge in [-0.05, 0) is 31.4 Å². The van der Waals surface area contributed by atoms with E-state index >= 15 is 0 Å². The Balaban J connectivity index is 2.26. The van der Waals surface area contributed by atoms with Crippen LogP contribution < -0.4 is 10.6 Å². The summed E-state index contributed by atoms with van der Waals surface area (Å²) in [5.41, 5.74) is 7.54. The van der Waals surface area contributed by atoms with Crippen molar-refractivity contribution in [3.05, 3.63) is 23.2 Å². The van der Waals surface area contributed by atoms with Crippen LogP contribution in [0.25, 0.3) is 0 Å². The van der Waals surface area contributed by atoms with Crippen molar-refractivity contribution in [3.63, 3.8) is 0 Å². The van der Waals surface area contributed by atoms with E-state index in [-0.39, 0.29) is 6.61 Å². The molecule has 0 bridgehead atoms. The molecule has 0 spiro atoms. The van der Waals surface area contributed by atoms with Gasteiger partial charge in [0.2, 0.25) is 0 Å². The fourth-order valence-electron chi connectivity index (χ4n) is 2.08. The normalized spacial score (nSPS) is 15.9. The molecule has 1 fully saturated rings. The first kappa shape index (κ1) is 11.6. The highest BCUT2D eigenvalue weighted by atomic mass is 35.5. The zero-order valence-corrected chi connectivity index (χ0v) is 9.95. The van der Waals surface area contributed by atoms with Crippen LogP contribution in [0.5, 0.6) is 0 Å². The summed E-state index contributed by atoms with van der Waals surface area (Å²) in [6, 6.07) is 6.16. The monoisotopic (exact) mass is 240 g/mol. The van der Waals surface area contributed by atoms with Gasteiger partial charge in [-0.2, -0.15) is 0 Å². The van der Waals surface area contributed by atoms with Gasteiger partial charge in [-0.15, -0.1) is 0 Å². The fraction of sp³-hybridized carbons (Fsp3) is 0.500. The second-order valence-corrected chi connectivity index (χ2v) is 4.58. The minimum atomic E-state index is 0.141. The number of nitrogens with zero attached hydrogens (tertiary/aromatic N) is 1. The average Bonchev–Trinajstić information content (AvgIpc) is 2.19. The van der Waals surface area contributed by atoms with Gasteiger partial charge in [0.05, 0.1) is 23.0 Å². The van der Waals surface area contributed by atoms with E-state index in [0.29, 0.717) is 23.3 Å². The van der Waals surface area contributed by atoms with Crippen molar-refractivity contribution in [2.45, 2.75) is 25.3 Å². The molecule has 0 saturated heterocycles. The number of benzene rings is 1. The number of hydrogen-bond acceptors (Lipinski definition) is 3. The second kappa shape index (κ2) is 4.93. The van der Waals surface area contributed by atoms with E-state index in [9.17, 15) is 0 Å². The SMILES string of the molecule is Nc1c(Cl)cccc1N(CCO)C1CCC1. The summed E-state index contributed by atoms with van der Waals surface area (Å²) in [7, 11) is 0. The molecule has 4 heteroatoms. The van der Waals surface area contributed by atoms with Crippen molar-refractivity contribution in [3.8, 4) is 0 Å². The lowest BCUT2D eigenvalue weighted by Gasteiger charge is -2.39. The molecular formula is C12H17ClN2O. The summed E-state index contributed by atoms with van der Waals surface area (Å²) in [6.07, 6.45) is 3.60. The lowest BCUT2D eigenvalue weighted by atomic mass is 9.91. The first-order valence-corrected chi connectivity index (χ1v) is 6.03. The molecule has 1 aliphatic carbocycles. The molecule has 88 valence electrons. The first-order valence-electron chi connectivity index (χ1n) is 5.65. The molecule has 3 N–H and O–H groups in total. The fourth-order valence-corrected chi connectivity index (χ4v) is 2.25. The lowest BCUT2D eigenvalue weighted by Crippen LogP contribution is -2.42. The van der Waals surface area contributed by atoms with Crippen molar-refractivity contribution in [2.24, 2.45) is 0 Å². The highest BCUT2D eigenvalue weighted by Gasteiger charge is 2.26. The molecular weight excluding hydrogens is 224 g/mol. The van der Waals surface area contributed by atoms with Crippen LogP contribution in [0.1, 0.15) is 19.3 Å². The third-order valence-corrected chi connectivity index (χ3v) is 3.53. The molecule has 0 atom stereocenters. The predicted molar refractivity (Wildman–Crippen MR) is 67.9 cm³/mol. The molecule has 0 aromatic heterocycles.